The van der Waals surface area contributed by atoms with Crippen molar-refractivity contribution in [2.75, 3.05) is 18.5 Å². The van der Waals surface area contributed by atoms with E-state index in [-0.39, 0.29) is 0 Å². The van der Waals surface area contributed by atoms with E-state index in [0.717, 1.165) is 16.9 Å². The second-order valence-electron chi connectivity index (χ2n) is 5.97. The minimum absolute atomic E-state index is 0.404. The fourth-order valence-electron chi connectivity index (χ4n) is 2.61. The second-order valence-corrected chi connectivity index (χ2v) is 7.10. The lowest BCUT2D eigenvalue weighted by Crippen LogP contribution is -2.29. The molecule has 0 spiro atoms. The van der Waals surface area contributed by atoms with E-state index in [1.54, 1.807) is 31.2 Å². The summed E-state index contributed by atoms with van der Waals surface area (Å²) in [6.07, 6.45) is -0.0487. The van der Waals surface area contributed by atoms with Crippen molar-refractivity contribution in [2.45, 2.75) is 33.3 Å². The number of anilines is 1. The molecule has 1 aromatic carbocycles. The molecular weight excluding hydrogens is 354 g/mol. The number of amides is 1. The van der Waals surface area contributed by atoms with Gasteiger partial charge >= 0.3 is 5.97 Å². The van der Waals surface area contributed by atoms with Gasteiger partial charge in [0.2, 0.25) is 0 Å². The Labute approximate surface area is 156 Å². The molecule has 0 saturated carbocycles. The van der Waals surface area contributed by atoms with E-state index in [4.69, 9.17) is 14.2 Å². The molecule has 0 bridgehead atoms. The minimum Gasteiger partial charge on any atom is -0.486 e. The Balaban J connectivity index is 1.61. The van der Waals surface area contributed by atoms with Gasteiger partial charge in [0.1, 0.15) is 18.1 Å². The van der Waals surface area contributed by atoms with Gasteiger partial charge in [0.25, 0.3) is 5.91 Å². The van der Waals surface area contributed by atoms with Crippen molar-refractivity contribution in [3.8, 4) is 11.5 Å². The van der Waals surface area contributed by atoms with Crippen molar-refractivity contribution in [2.24, 2.45) is 0 Å². The smallest absolute Gasteiger partial charge is 0.349 e. The van der Waals surface area contributed by atoms with Gasteiger partial charge in [0.05, 0.1) is 0 Å². The molecule has 1 N–H and O–H groups in total. The van der Waals surface area contributed by atoms with Crippen LogP contribution in [0.15, 0.2) is 24.3 Å². The molecule has 1 unspecified atom stereocenters. The van der Waals surface area contributed by atoms with Crippen LogP contribution in [0.25, 0.3) is 0 Å². The first-order chi connectivity index (χ1) is 12.5. The van der Waals surface area contributed by atoms with Gasteiger partial charge in [-0.2, -0.15) is 0 Å². The van der Waals surface area contributed by atoms with Crippen LogP contribution in [-0.4, -0.2) is 31.2 Å². The zero-order valence-electron chi connectivity index (χ0n) is 15.0. The minimum atomic E-state index is -0.914. The molecule has 26 heavy (non-hydrogen) atoms. The van der Waals surface area contributed by atoms with Crippen LogP contribution in [0.5, 0.6) is 11.5 Å². The van der Waals surface area contributed by atoms with E-state index in [1.807, 2.05) is 13.8 Å². The van der Waals surface area contributed by atoms with Gasteiger partial charge in [0.15, 0.2) is 17.6 Å². The van der Waals surface area contributed by atoms with Gasteiger partial charge in [-0.3, -0.25) is 4.79 Å². The molecule has 138 valence electrons. The van der Waals surface area contributed by atoms with Crippen molar-refractivity contribution in [3.05, 3.63) is 39.6 Å². The van der Waals surface area contributed by atoms with Gasteiger partial charge in [-0.05, 0) is 44.0 Å². The Morgan fingerprint density at radius 2 is 1.96 bits per heavy atom. The number of carbonyl (C=O) groups is 2. The Morgan fingerprint density at radius 3 is 2.65 bits per heavy atom. The molecule has 0 fully saturated rings. The number of carbonyl (C=O) groups excluding carboxylic acids is 2. The molecule has 1 aliphatic rings. The Kier molecular flexibility index (Phi) is 5.46. The molecule has 7 heteroatoms. The van der Waals surface area contributed by atoms with Crippen molar-refractivity contribution in [1.82, 2.24) is 0 Å². The van der Waals surface area contributed by atoms with Crippen LogP contribution in [-0.2, 0) is 16.0 Å². The number of aryl methyl sites for hydroxylation is 2. The molecule has 3 rings (SSSR count). The topological polar surface area (TPSA) is 73.9 Å². The number of ether oxygens (including phenoxy) is 3. The molecule has 1 aromatic heterocycles. The van der Waals surface area contributed by atoms with Gasteiger partial charge in [-0.1, -0.05) is 6.92 Å². The predicted molar refractivity (Wildman–Crippen MR) is 99.4 cm³/mol. The fourth-order valence-corrected chi connectivity index (χ4v) is 3.61. The standard InChI is InChI=1S/C19H21NO5S/c1-4-16-11(2)9-17(26-16)19(22)25-12(3)18(21)20-13-5-6-14-15(10-13)24-8-7-23-14/h5-6,9-10,12H,4,7-8H2,1-3H3,(H,20,21). The van der Waals surface area contributed by atoms with Crippen molar-refractivity contribution in [1.29, 1.82) is 0 Å². The summed E-state index contributed by atoms with van der Waals surface area (Å²) >= 11 is 1.40. The summed E-state index contributed by atoms with van der Waals surface area (Å²) in [6, 6.07) is 6.95. The van der Waals surface area contributed by atoms with Crippen LogP contribution in [0.2, 0.25) is 0 Å². The molecule has 1 atom stereocenters. The SMILES string of the molecule is CCc1sc(C(=O)OC(C)C(=O)Nc2ccc3c(c2)OCCO3)cc1C. The first-order valence-electron chi connectivity index (χ1n) is 8.48. The summed E-state index contributed by atoms with van der Waals surface area (Å²) in [5.41, 5.74) is 1.63. The summed E-state index contributed by atoms with van der Waals surface area (Å²) in [4.78, 5) is 26.2. The van der Waals surface area contributed by atoms with Crippen LogP contribution < -0.4 is 14.8 Å². The largest absolute Gasteiger partial charge is 0.486 e. The second kappa shape index (κ2) is 7.78. The Hall–Kier alpha value is -2.54. The molecule has 0 saturated heterocycles. The maximum Gasteiger partial charge on any atom is 0.349 e. The van der Waals surface area contributed by atoms with Crippen LogP contribution >= 0.6 is 11.3 Å². The van der Waals surface area contributed by atoms with Crippen LogP contribution in [0.3, 0.4) is 0 Å². The molecule has 2 heterocycles. The Bertz CT molecular complexity index is 829. The maximum absolute atomic E-state index is 12.3. The first kappa shape index (κ1) is 18.3. The number of esters is 1. The molecule has 1 amide bonds. The highest BCUT2D eigenvalue weighted by Crippen LogP contribution is 2.32. The summed E-state index contributed by atoms with van der Waals surface area (Å²) in [5.74, 6) is 0.343. The predicted octanol–water partition coefficient (Wildman–Crippen LogP) is 3.57. The van der Waals surface area contributed by atoms with E-state index in [9.17, 15) is 9.59 Å². The van der Waals surface area contributed by atoms with E-state index in [1.165, 1.54) is 11.3 Å². The van der Waals surface area contributed by atoms with E-state index in [2.05, 4.69) is 5.32 Å². The van der Waals surface area contributed by atoms with Gasteiger partial charge in [0, 0.05) is 16.6 Å². The summed E-state index contributed by atoms with van der Waals surface area (Å²) < 4.78 is 16.2. The summed E-state index contributed by atoms with van der Waals surface area (Å²) in [6.45, 7) is 6.53. The van der Waals surface area contributed by atoms with Crippen molar-refractivity contribution >= 4 is 28.9 Å². The number of hydrogen-bond acceptors (Lipinski definition) is 6. The molecular formula is C19H21NO5S. The molecule has 0 radical (unpaired) electrons. The number of thiophene rings is 1. The number of fused-ring (bicyclic) bond motifs is 1. The average Bonchev–Trinajstić information content (AvgIpc) is 3.02. The fraction of sp³-hybridized carbons (Fsp3) is 0.368. The summed E-state index contributed by atoms with van der Waals surface area (Å²) in [7, 11) is 0. The summed E-state index contributed by atoms with van der Waals surface area (Å²) in [5, 5.41) is 2.73. The first-order valence-corrected chi connectivity index (χ1v) is 9.30. The highest BCUT2D eigenvalue weighted by atomic mass is 32.1. The average molecular weight is 375 g/mol. The third-order valence-corrected chi connectivity index (χ3v) is 5.37. The number of hydrogen-bond donors (Lipinski definition) is 1. The van der Waals surface area contributed by atoms with Crippen molar-refractivity contribution < 1.29 is 23.8 Å². The zero-order chi connectivity index (χ0) is 18.7. The quantitative estimate of drug-likeness (QED) is 0.809. The van der Waals surface area contributed by atoms with Crippen LogP contribution in [0.4, 0.5) is 5.69 Å². The maximum atomic E-state index is 12.3. The third kappa shape index (κ3) is 3.99. The van der Waals surface area contributed by atoms with Gasteiger partial charge < -0.3 is 19.5 Å². The lowest BCUT2D eigenvalue weighted by atomic mass is 10.2. The number of nitrogens with one attached hydrogen (secondary N) is 1. The zero-order valence-corrected chi connectivity index (χ0v) is 15.8. The van der Waals surface area contributed by atoms with E-state index in [0.29, 0.717) is 35.3 Å². The van der Waals surface area contributed by atoms with Crippen LogP contribution in [0.1, 0.15) is 34.0 Å². The third-order valence-electron chi connectivity index (χ3n) is 4.01. The lowest BCUT2D eigenvalue weighted by Gasteiger charge is -2.19. The van der Waals surface area contributed by atoms with Crippen molar-refractivity contribution in [3.63, 3.8) is 0 Å². The van der Waals surface area contributed by atoms with Gasteiger partial charge in [-0.15, -0.1) is 11.3 Å². The number of benzene rings is 1. The number of rotatable bonds is 5. The Morgan fingerprint density at radius 1 is 1.23 bits per heavy atom. The molecule has 0 aliphatic carbocycles. The van der Waals surface area contributed by atoms with E-state index < -0.39 is 18.0 Å². The lowest BCUT2D eigenvalue weighted by molar-refractivity contribution is -0.123. The molecule has 2 aromatic rings. The van der Waals surface area contributed by atoms with Gasteiger partial charge in [-0.25, -0.2) is 4.79 Å². The highest BCUT2D eigenvalue weighted by Gasteiger charge is 2.21. The van der Waals surface area contributed by atoms with E-state index >= 15 is 0 Å². The molecule has 1 aliphatic heterocycles. The normalized spacial score (nSPS) is 13.8. The monoisotopic (exact) mass is 375 g/mol. The molecule has 6 nitrogen and oxygen atoms in total. The van der Waals surface area contributed by atoms with Crippen LogP contribution in [0, 0.1) is 6.92 Å². The highest BCUT2D eigenvalue weighted by molar-refractivity contribution is 7.14.